The lowest BCUT2D eigenvalue weighted by atomic mass is 10.00. The normalized spacial score (nSPS) is 14.8. The van der Waals surface area contributed by atoms with Gasteiger partial charge in [0.15, 0.2) is 12.2 Å². The van der Waals surface area contributed by atoms with E-state index in [1.165, 1.54) is 154 Å². The second-order valence-electron chi connectivity index (χ2n) is 27.8. The van der Waals surface area contributed by atoms with Gasteiger partial charge < -0.3 is 33.8 Å². The van der Waals surface area contributed by atoms with E-state index < -0.39 is 97.5 Å². The third kappa shape index (κ3) is 64.1. The summed E-state index contributed by atoms with van der Waals surface area (Å²) < 4.78 is 68.4. The Labute approximate surface area is 562 Å². The molecule has 0 aromatic carbocycles. The Bertz CT molecular complexity index is 1820. The number of carbonyl (C=O) groups excluding carboxylic acids is 4. The van der Waals surface area contributed by atoms with Crippen LogP contribution >= 0.6 is 15.6 Å². The summed E-state index contributed by atoms with van der Waals surface area (Å²) in [5.41, 5.74) is 0. The molecule has 0 aliphatic heterocycles. The third-order valence-electron chi connectivity index (χ3n) is 17.5. The number of hydrogen-bond acceptors (Lipinski definition) is 15. The minimum atomic E-state index is -4.95. The van der Waals surface area contributed by atoms with Crippen LogP contribution in [-0.2, 0) is 65.4 Å². The summed E-state index contributed by atoms with van der Waals surface area (Å²) >= 11 is 0. The van der Waals surface area contributed by atoms with Crippen LogP contribution in [0.4, 0.5) is 0 Å². The first-order valence-electron chi connectivity index (χ1n) is 37.8. The number of aliphatic hydroxyl groups excluding tert-OH is 1. The van der Waals surface area contributed by atoms with E-state index in [0.29, 0.717) is 25.7 Å². The van der Waals surface area contributed by atoms with Crippen molar-refractivity contribution < 1.29 is 80.2 Å². The van der Waals surface area contributed by atoms with Crippen LogP contribution in [0.3, 0.4) is 0 Å². The number of aliphatic hydroxyl groups is 1. The van der Waals surface area contributed by atoms with E-state index in [2.05, 4.69) is 55.4 Å². The van der Waals surface area contributed by atoms with Gasteiger partial charge in [-0.2, -0.15) is 0 Å². The molecule has 0 spiro atoms. The van der Waals surface area contributed by atoms with Gasteiger partial charge in [-0.3, -0.25) is 37.3 Å². The quantitative estimate of drug-likeness (QED) is 0.0222. The van der Waals surface area contributed by atoms with Crippen LogP contribution in [0.15, 0.2) is 0 Å². The van der Waals surface area contributed by atoms with Gasteiger partial charge in [-0.25, -0.2) is 9.13 Å². The monoisotopic (exact) mass is 1350 g/mol. The first-order chi connectivity index (χ1) is 44.2. The summed E-state index contributed by atoms with van der Waals surface area (Å²) in [4.78, 5) is 72.6. The molecule has 0 aliphatic rings. The molecule has 17 nitrogen and oxygen atoms in total. The SMILES string of the molecule is CCC(C)CCCCCCCCC(=O)OC[C@H](COP(=O)(O)OC[C@@H](O)COP(=O)(O)OC[C@@H](COC(=O)CCCCCCCCC(C)CC)OC(=O)CCCCCCCCCCCCCC(C)C)OC(=O)CCCCCCCCCCCCCCCCCC(C)C. The molecule has 0 heterocycles. The second-order valence-corrected chi connectivity index (χ2v) is 30.7. The van der Waals surface area contributed by atoms with Crippen LogP contribution in [0.2, 0.25) is 0 Å². The first-order valence-corrected chi connectivity index (χ1v) is 40.8. The first kappa shape index (κ1) is 90.1. The summed E-state index contributed by atoms with van der Waals surface area (Å²) in [6.45, 7) is 14.1. The zero-order chi connectivity index (χ0) is 68.2. The number of carbonyl (C=O) groups is 4. The predicted octanol–water partition coefficient (Wildman–Crippen LogP) is 20.9. The average Bonchev–Trinajstić information content (AvgIpc) is 3.05. The highest BCUT2D eigenvalue weighted by molar-refractivity contribution is 7.47. The zero-order valence-corrected chi connectivity index (χ0v) is 62.0. The molecule has 0 fully saturated rings. The van der Waals surface area contributed by atoms with Gasteiger partial charge in [-0.1, -0.05) is 312 Å². The molecular weight excluding hydrogens is 1210 g/mol. The number of hydrogen-bond donors (Lipinski definition) is 3. The molecule has 0 bridgehead atoms. The van der Waals surface area contributed by atoms with Crippen LogP contribution in [0.5, 0.6) is 0 Å². The van der Waals surface area contributed by atoms with Crippen molar-refractivity contribution >= 4 is 39.5 Å². The predicted molar refractivity (Wildman–Crippen MR) is 372 cm³/mol. The fourth-order valence-corrected chi connectivity index (χ4v) is 12.5. The molecule has 92 heavy (non-hydrogen) atoms. The van der Waals surface area contributed by atoms with Crippen LogP contribution in [0, 0.1) is 23.7 Å². The summed E-state index contributed by atoms with van der Waals surface area (Å²) in [6, 6.07) is 0. The largest absolute Gasteiger partial charge is 0.472 e. The highest BCUT2D eigenvalue weighted by atomic mass is 31.2. The molecule has 546 valence electrons. The third-order valence-corrected chi connectivity index (χ3v) is 19.4. The molecule has 0 aromatic heterocycles. The maximum atomic E-state index is 13.0. The second kappa shape index (κ2) is 62.6. The average molecular weight is 1350 g/mol. The summed E-state index contributed by atoms with van der Waals surface area (Å²) in [5.74, 6) is 0.902. The Morgan fingerprint density at radius 3 is 0.772 bits per heavy atom. The molecule has 19 heteroatoms. The van der Waals surface area contributed by atoms with Gasteiger partial charge in [-0.15, -0.1) is 0 Å². The molecule has 7 atom stereocenters. The Morgan fingerprint density at radius 2 is 0.522 bits per heavy atom. The van der Waals surface area contributed by atoms with Crippen molar-refractivity contribution in [1.82, 2.24) is 0 Å². The van der Waals surface area contributed by atoms with E-state index >= 15 is 0 Å². The van der Waals surface area contributed by atoms with Gasteiger partial charge in [0.1, 0.15) is 19.3 Å². The van der Waals surface area contributed by atoms with Crippen LogP contribution in [-0.4, -0.2) is 96.7 Å². The molecule has 0 radical (unpaired) electrons. The van der Waals surface area contributed by atoms with E-state index in [9.17, 15) is 43.2 Å². The molecule has 0 aliphatic carbocycles. The van der Waals surface area contributed by atoms with Gasteiger partial charge in [0.05, 0.1) is 26.4 Å². The lowest BCUT2D eigenvalue weighted by molar-refractivity contribution is -0.161. The Kier molecular flexibility index (Phi) is 61.3. The fraction of sp³-hybridized carbons (Fsp3) is 0.945. The lowest BCUT2D eigenvalue weighted by Crippen LogP contribution is -2.30. The van der Waals surface area contributed by atoms with Crippen LogP contribution < -0.4 is 0 Å². The Hall–Kier alpha value is -1.94. The van der Waals surface area contributed by atoms with E-state index in [1.54, 1.807) is 0 Å². The minimum Gasteiger partial charge on any atom is -0.462 e. The van der Waals surface area contributed by atoms with Gasteiger partial charge in [0.25, 0.3) is 0 Å². The number of phosphoric acid groups is 2. The summed E-state index contributed by atoms with van der Waals surface area (Å²) in [6.07, 6.45) is 45.9. The standard InChI is InChI=1S/C73H142O17P2/c1-9-65(7)51-43-35-29-31-37-45-53-70(75)83-59-68(89-72(77)55-47-39-27-23-19-15-13-11-12-14-17-21-25-33-41-49-63(3)4)61-87-91(79,80)85-57-67(74)58-86-92(81,82)88-62-69(60-84-71(76)54-46-38-32-30-36-44-52-66(8)10-2)90-73(78)56-48-40-28-24-20-16-18-22-26-34-42-50-64(5)6/h63-69,74H,9-62H2,1-8H3,(H,79,80)(H,81,82)/t65?,66?,67-,68-,69-/m1/s1. The van der Waals surface area contributed by atoms with Crippen LogP contribution in [0.25, 0.3) is 0 Å². The smallest absolute Gasteiger partial charge is 0.462 e. The van der Waals surface area contributed by atoms with Gasteiger partial charge in [0, 0.05) is 25.7 Å². The van der Waals surface area contributed by atoms with Crippen molar-refractivity contribution in [3.63, 3.8) is 0 Å². The zero-order valence-electron chi connectivity index (χ0n) is 60.2. The molecule has 0 saturated carbocycles. The van der Waals surface area contributed by atoms with Crippen molar-refractivity contribution in [2.75, 3.05) is 39.6 Å². The summed E-state index contributed by atoms with van der Waals surface area (Å²) in [7, 11) is -9.91. The summed E-state index contributed by atoms with van der Waals surface area (Å²) in [5, 5.41) is 10.6. The van der Waals surface area contributed by atoms with Gasteiger partial charge >= 0.3 is 39.5 Å². The molecule has 3 N–H and O–H groups in total. The van der Waals surface area contributed by atoms with Crippen molar-refractivity contribution in [1.29, 1.82) is 0 Å². The molecule has 4 unspecified atom stereocenters. The Balaban J connectivity index is 5.23. The van der Waals surface area contributed by atoms with Crippen molar-refractivity contribution in [2.45, 2.75) is 382 Å². The number of esters is 4. The van der Waals surface area contributed by atoms with Crippen molar-refractivity contribution in [2.24, 2.45) is 23.7 Å². The topological polar surface area (TPSA) is 237 Å². The Morgan fingerprint density at radius 1 is 0.304 bits per heavy atom. The highest BCUT2D eigenvalue weighted by Crippen LogP contribution is 2.45. The van der Waals surface area contributed by atoms with Crippen LogP contribution in [0.1, 0.15) is 364 Å². The molecule has 0 saturated heterocycles. The van der Waals surface area contributed by atoms with E-state index in [-0.39, 0.29) is 25.7 Å². The van der Waals surface area contributed by atoms with Gasteiger partial charge in [-0.05, 0) is 49.4 Å². The lowest BCUT2D eigenvalue weighted by Gasteiger charge is -2.21. The van der Waals surface area contributed by atoms with Crippen molar-refractivity contribution in [3.05, 3.63) is 0 Å². The van der Waals surface area contributed by atoms with Gasteiger partial charge in [0.2, 0.25) is 0 Å². The fourth-order valence-electron chi connectivity index (χ4n) is 11.0. The minimum absolute atomic E-state index is 0.105. The number of ether oxygens (including phenoxy) is 4. The van der Waals surface area contributed by atoms with Crippen molar-refractivity contribution in [3.8, 4) is 0 Å². The molecular formula is C73H142O17P2. The maximum Gasteiger partial charge on any atom is 0.472 e. The molecule has 0 amide bonds. The van der Waals surface area contributed by atoms with E-state index in [0.717, 1.165) is 126 Å². The molecule has 0 rings (SSSR count). The van der Waals surface area contributed by atoms with E-state index in [4.69, 9.17) is 37.0 Å². The van der Waals surface area contributed by atoms with E-state index in [1.807, 2.05) is 0 Å². The number of unbranched alkanes of at least 4 members (excludes halogenated alkanes) is 34. The molecule has 0 aromatic rings. The number of phosphoric ester groups is 2. The maximum absolute atomic E-state index is 13.0. The number of rotatable bonds is 70. The highest BCUT2D eigenvalue weighted by Gasteiger charge is 2.30.